The molecular weight excluding hydrogens is 368 g/mol. The summed E-state index contributed by atoms with van der Waals surface area (Å²) in [6.45, 7) is 1.91. The minimum atomic E-state index is -0.840. The number of aromatic nitrogens is 2. The van der Waals surface area contributed by atoms with E-state index in [1.165, 1.54) is 6.07 Å². The third-order valence-electron chi connectivity index (χ3n) is 5.20. The normalized spacial score (nSPS) is 22.5. The number of anilines is 1. The number of halogens is 2. The summed E-state index contributed by atoms with van der Waals surface area (Å²) in [5.41, 5.74) is -0.160. The van der Waals surface area contributed by atoms with Crippen LogP contribution >= 0.6 is 0 Å². The zero-order chi connectivity index (χ0) is 19.7. The molecular formula is C19H21F2N5O2. The van der Waals surface area contributed by atoms with Gasteiger partial charge in [0.15, 0.2) is 0 Å². The van der Waals surface area contributed by atoms with E-state index in [0.717, 1.165) is 43.0 Å². The molecule has 2 saturated heterocycles. The number of carbonyl (C=O) groups is 2. The van der Waals surface area contributed by atoms with Gasteiger partial charge in [-0.2, -0.15) is 5.10 Å². The number of amides is 2. The van der Waals surface area contributed by atoms with Crippen molar-refractivity contribution in [3.63, 3.8) is 0 Å². The van der Waals surface area contributed by atoms with Crippen LogP contribution in [0.4, 0.5) is 14.5 Å². The Balaban J connectivity index is 1.43. The average molecular weight is 389 g/mol. The predicted octanol–water partition coefficient (Wildman–Crippen LogP) is 1.62. The molecule has 0 bridgehead atoms. The van der Waals surface area contributed by atoms with E-state index < -0.39 is 29.5 Å². The molecule has 2 aliphatic heterocycles. The molecule has 1 aromatic heterocycles. The second-order valence-electron chi connectivity index (χ2n) is 7.06. The maximum Gasteiger partial charge on any atom is 0.272 e. The van der Waals surface area contributed by atoms with Crippen LogP contribution in [0.25, 0.3) is 0 Å². The second-order valence-corrected chi connectivity index (χ2v) is 7.06. The Hall–Kier alpha value is -2.81. The number of nitrogens with one attached hydrogen (secondary N) is 2. The Bertz CT molecular complexity index is 874. The maximum absolute atomic E-state index is 14.0. The van der Waals surface area contributed by atoms with Crippen LogP contribution in [0.3, 0.4) is 0 Å². The quantitative estimate of drug-likeness (QED) is 0.833. The molecule has 2 aliphatic rings. The van der Waals surface area contributed by atoms with Crippen molar-refractivity contribution in [2.45, 2.75) is 31.3 Å². The minimum Gasteiger partial charge on any atom is -0.339 e. The molecule has 2 aromatic rings. The van der Waals surface area contributed by atoms with Crippen molar-refractivity contribution in [3.8, 4) is 0 Å². The molecule has 2 unspecified atom stereocenters. The van der Waals surface area contributed by atoms with Gasteiger partial charge in [0.1, 0.15) is 29.1 Å². The highest BCUT2D eigenvalue weighted by Crippen LogP contribution is 2.27. The first kappa shape index (κ1) is 18.5. The number of hydrogen-bond donors (Lipinski definition) is 2. The second kappa shape index (κ2) is 7.67. The number of carbonyl (C=O) groups excluding carboxylic acids is 2. The number of para-hydroxylation sites is 1. The Kier molecular flexibility index (Phi) is 5.08. The van der Waals surface area contributed by atoms with E-state index in [-0.39, 0.29) is 30.4 Å². The fourth-order valence-electron chi connectivity index (χ4n) is 3.74. The van der Waals surface area contributed by atoms with E-state index in [0.29, 0.717) is 0 Å². The summed E-state index contributed by atoms with van der Waals surface area (Å²) in [6, 6.07) is 4.41. The largest absolute Gasteiger partial charge is 0.339 e. The maximum atomic E-state index is 14.0. The van der Waals surface area contributed by atoms with Crippen LogP contribution in [0.1, 0.15) is 35.8 Å². The van der Waals surface area contributed by atoms with Gasteiger partial charge in [0, 0.05) is 19.3 Å². The zero-order valence-corrected chi connectivity index (χ0v) is 15.2. The third kappa shape index (κ3) is 3.49. The molecule has 28 heavy (non-hydrogen) atoms. The van der Waals surface area contributed by atoms with E-state index >= 15 is 0 Å². The third-order valence-corrected chi connectivity index (χ3v) is 5.20. The molecule has 2 fully saturated rings. The number of rotatable bonds is 4. The topological polar surface area (TPSA) is 79.3 Å². The molecule has 4 rings (SSSR count). The molecule has 0 radical (unpaired) electrons. The Labute approximate surface area is 160 Å². The van der Waals surface area contributed by atoms with E-state index in [1.807, 2.05) is 0 Å². The molecule has 2 N–H and O–H groups in total. The lowest BCUT2D eigenvalue weighted by Gasteiger charge is -2.22. The molecule has 0 aliphatic carbocycles. The zero-order valence-electron chi connectivity index (χ0n) is 15.2. The van der Waals surface area contributed by atoms with Gasteiger partial charge >= 0.3 is 0 Å². The number of hydrogen-bond acceptors (Lipinski definition) is 4. The first-order valence-electron chi connectivity index (χ1n) is 9.36. The summed E-state index contributed by atoms with van der Waals surface area (Å²) in [4.78, 5) is 26.1. The molecule has 1 aromatic carbocycles. The van der Waals surface area contributed by atoms with E-state index in [2.05, 4.69) is 15.7 Å². The molecule has 0 spiro atoms. The van der Waals surface area contributed by atoms with Crippen molar-refractivity contribution >= 4 is 17.5 Å². The van der Waals surface area contributed by atoms with Crippen LogP contribution in [0.15, 0.2) is 30.5 Å². The fourth-order valence-corrected chi connectivity index (χ4v) is 3.74. The smallest absolute Gasteiger partial charge is 0.272 e. The van der Waals surface area contributed by atoms with Crippen LogP contribution in [0.2, 0.25) is 0 Å². The SMILES string of the molecule is O=C(NC1CCN(c2c(F)cccc2F)C1=O)c1ccn(C2CCCNC2)n1. The molecule has 9 heteroatoms. The van der Waals surface area contributed by atoms with Gasteiger partial charge in [-0.05, 0) is 44.0 Å². The standard InChI is InChI=1S/C19H21F2N5O2/c20-13-4-1-5-14(21)17(13)25-9-6-16(19(25)28)23-18(27)15-7-10-26(24-15)12-3-2-8-22-11-12/h1,4-5,7,10,12,16,22H,2-3,6,8-9,11H2,(H,23,27). The summed E-state index contributed by atoms with van der Waals surface area (Å²) in [6.07, 6.45) is 4.06. The van der Waals surface area contributed by atoms with Crippen molar-refractivity contribution in [1.82, 2.24) is 20.4 Å². The van der Waals surface area contributed by atoms with Crippen molar-refractivity contribution in [2.24, 2.45) is 0 Å². The monoisotopic (exact) mass is 389 g/mol. The average Bonchev–Trinajstić information content (AvgIpc) is 3.31. The van der Waals surface area contributed by atoms with Gasteiger partial charge in [-0.3, -0.25) is 14.3 Å². The van der Waals surface area contributed by atoms with Crippen LogP contribution in [0, 0.1) is 11.6 Å². The van der Waals surface area contributed by atoms with Gasteiger partial charge in [0.05, 0.1) is 6.04 Å². The van der Waals surface area contributed by atoms with Gasteiger partial charge in [-0.1, -0.05) is 6.07 Å². The first-order chi connectivity index (χ1) is 13.5. The number of benzene rings is 1. The van der Waals surface area contributed by atoms with Crippen LogP contribution in [0.5, 0.6) is 0 Å². The molecule has 0 saturated carbocycles. The van der Waals surface area contributed by atoms with Crippen molar-refractivity contribution < 1.29 is 18.4 Å². The van der Waals surface area contributed by atoms with Gasteiger partial charge in [0.25, 0.3) is 5.91 Å². The molecule has 148 valence electrons. The van der Waals surface area contributed by atoms with Gasteiger partial charge in [-0.15, -0.1) is 0 Å². The van der Waals surface area contributed by atoms with Gasteiger partial charge < -0.3 is 15.5 Å². The van der Waals surface area contributed by atoms with Crippen LogP contribution in [-0.2, 0) is 4.79 Å². The minimum absolute atomic E-state index is 0.129. The lowest BCUT2D eigenvalue weighted by atomic mass is 10.1. The van der Waals surface area contributed by atoms with Gasteiger partial charge in [-0.25, -0.2) is 8.78 Å². The Morgan fingerprint density at radius 2 is 2.00 bits per heavy atom. The Morgan fingerprint density at radius 3 is 2.71 bits per heavy atom. The highest BCUT2D eigenvalue weighted by Gasteiger charge is 2.36. The summed E-state index contributed by atoms with van der Waals surface area (Å²) in [5, 5.41) is 10.3. The Morgan fingerprint density at radius 1 is 1.21 bits per heavy atom. The van der Waals surface area contributed by atoms with Crippen molar-refractivity contribution in [3.05, 3.63) is 47.8 Å². The molecule has 2 amide bonds. The summed E-state index contributed by atoms with van der Waals surface area (Å²) < 4.78 is 29.7. The molecule has 3 heterocycles. The highest BCUT2D eigenvalue weighted by atomic mass is 19.1. The lowest BCUT2D eigenvalue weighted by Crippen LogP contribution is -2.42. The van der Waals surface area contributed by atoms with E-state index in [4.69, 9.17) is 0 Å². The predicted molar refractivity (Wildman–Crippen MR) is 97.9 cm³/mol. The van der Waals surface area contributed by atoms with Gasteiger partial charge in [0.2, 0.25) is 5.91 Å². The van der Waals surface area contributed by atoms with Crippen LogP contribution in [-0.4, -0.2) is 47.3 Å². The summed E-state index contributed by atoms with van der Waals surface area (Å²) >= 11 is 0. The lowest BCUT2D eigenvalue weighted by molar-refractivity contribution is -0.118. The molecule has 2 atom stereocenters. The number of nitrogens with zero attached hydrogens (tertiary/aromatic N) is 3. The molecule has 7 nitrogen and oxygen atoms in total. The highest BCUT2D eigenvalue weighted by molar-refractivity contribution is 6.03. The first-order valence-corrected chi connectivity index (χ1v) is 9.36. The van der Waals surface area contributed by atoms with Crippen molar-refractivity contribution in [1.29, 1.82) is 0 Å². The fraction of sp³-hybridized carbons (Fsp3) is 0.421. The number of piperidine rings is 1. The summed E-state index contributed by atoms with van der Waals surface area (Å²) in [7, 11) is 0. The summed E-state index contributed by atoms with van der Waals surface area (Å²) in [5.74, 6) is -2.62. The van der Waals surface area contributed by atoms with Crippen molar-refractivity contribution in [2.75, 3.05) is 24.5 Å². The van der Waals surface area contributed by atoms with E-state index in [1.54, 1.807) is 16.9 Å². The van der Waals surface area contributed by atoms with Crippen LogP contribution < -0.4 is 15.5 Å². The van der Waals surface area contributed by atoms with E-state index in [9.17, 15) is 18.4 Å².